The summed E-state index contributed by atoms with van der Waals surface area (Å²) < 4.78 is 19.7. The number of halogens is 1. The summed E-state index contributed by atoms with van der Waals surface area (Å²) in [6.45, 7) is 0.212. The molecule has 0 spiro atoms. The van der Waals surface area contributed by atoms with Crippen molar-refractivity contribution in [2.75, 3.05) is 19.4 Å². The van der Waals surface area contributed by atoms with Gasteiger partial charge in [0.1, 0.15) is 11.1 Å². The summed E-state index contributed by atoms with van der Waals surface area (Å²) in [5.41, 5.74) is 5.95. The summed E-state index contributed by atoms with van der Waals surface area (Å²) in [7, 11) is 1.52. The number of carbonyl (C=O) groups is 1. The number of hydrogen-bond acceptors (Lipinski definition) is 7. The molecule has 10 heteroatoms. The molecule has 0 aromatic carbocycles. The molecule has 9 nitrogen and oxygen atoms in total. The maximum atomic E-state index is 13.4. The Morgan fingerprint density at radius 3 is 2.86 bits per heavy atom. The first-order valence-corrected chi connectivity index (χ1v) is 8.32. The SMILES string of the molecule is COC1=NCC(NC(=O)c2c(N)nn3cc(F)cnc23)(c2ccncc2)C=C1. The molecule has 28 heavy (non-hydrogen) atoms. The zero-order valence-corrected chi connectivity index (χ0v) is 14.8. The number of aliphatic imine (C=N–C) groups is 1. The van der Waals surface area contributed by atoms with Crippen molar-refractivity contribution in [1.82, 2.24) is 24.9 Å². The van der Waals surface area contributed by atoms with E-state index in [1.807, 2.05) is 0 Å². The highest BCUT2D eigenvalue weighted by molar-refractivity contribution is 6.04. The van der Waals surface area contributed by atoms with Crippen LogP contribution in [0.2, 0.25) is 0 Å². The van der Waals surface area contributed by atoms with Crippen LogP contribution in [0.3, 0.4) is 0 Å². The second-order valence-corrected chi connectivity index (χ2v) is 6.15. The van der Waals surface area contributed by atoms with E-state index >= 15 is 0 Å². The molecule has 0 radical (unpaired) electrons. The highest BCUT2D eigenvalue weighted by Gasteiger charge is 2.35. The second kappa shape index (κ2) is 6.72. The van der Waals surface area contributed by atoms with Gasteiger partial charge in [-0.05, 0) is 29.8 Å². The van der Waals surface area contributed by atoms with Crippen LogP contribution in [0.1, 0.15) is 15.9 Å². The molecule has 142 valence electrons. The number of nitrogens with two attached hydrogens (primary N) is 1. The van der Waals surface area contributed by atoms with Crippen LogP contribution in [-0.2, 0) is 10.3 Å². The number of rotatable bonds is 3. The Bertz CT molecular complexity index is 1110. The minimum Gasteiger partial charge on any atom is -0.481 e. The molecular weight excluding hydrogens is 365 g/mol. The quantitative estimate of drug-likeness (QED) is 0.701. The van der Waals surface area contributed by atoms with Crippen LogP contribution in [0.15, 0.2) is 54.1 Å². The fourth-order valence-corrected chi connectivity index (χ4v) is 3.06. The van der Waals surface area contributed by atoms with Gasteiger partial charge >= 0.3 is 0 Å². The van der Waals surface area contributed by atoms with E-state index in [-0.39, 0.29) is 23.6 Å². The minimum absolute atomic E-state index is 0.0543. The topological polar surface area (TPSA) is 120 Å². The van der Waals surface area contributed by atoms with E-state index in [4.69, 9.17) is 10.5 Å². The summed E-state index contributed by atoms with van der Waals surface area (Å²) >= 11 is 0. The van der Waals surface area contributed by atoms with Gasteiger partial charge in [0.05, 0.1) is 26.0 Å². The maximum Gasteiger partial charge on any atom is 0.259 e. The molecule has 1 aliphatic rings. The average Bonchev–Trinajstić information content (AvgIpc) is 3.04. The number of aromatic nitrogens is 4. The Morgan fingerprint density at radius 1 is 1.39 bits per heavy atom. The second-order valence-electron chi connectivity index (χ2n) is 6.15. The van der Waals surface area contributed by atoms with Crippen LogP contribution in [0.4, 0.5) is 10.2 Å². The molecule has 0 fully saturated rings. The number of amides is 1. The van der Waals surface area contributed by atoms with Crippen molar-refractivity contribution in [3.05, 3.63) is 66.0 Å². The average molecular weight is 381 g/mol. The number of anilines is 1. The molecule has 4 heterocycles. The van der Waals surface area contributed by atoms with Gasteiger partial charge in [-0.3, -0.25) is 9.78 Å². The van der Waals surface area contributed by atoms with Crippen molar-refractivity contribution in [2.45, 2.75) is 5.54 Å². The maximum absolute atomic E-state index is 13.4. The molecule has 4 rings (SSSR count). The van der Waals surface area contributed by atoms with Gasteiger partial charge in [0.15, 0.2) is 17.3 Å². The highest BCUT2D eigenvalue weighted by atomic mass is 19.1. The van der Waals surface area contributed by atoms with Crippen LogP contribution in [0.25, 0.3) is 5.65 Å². The lowest BCUT2D eigenvalue weighted by molar-refractivity contribution is 0.0919. The van der Waals surface area contributed by atoms with Crippen LogP contribution in [0, 0.1) is 5.82 Å². The number of pyridine rings is 1. The number of nitrogens with one attached hydrogen (secondary N) is 1. The Morgan fingerprint density at radius 2 is 2.18 bits per heavy atom. The number of ether oxygens (including phenoxy) is 1. The third-order valence-electron chi connectivity index (χ3n) is 4.43. The number of hydrogen-bond donors (Lipinski definition) is 2. The van der Waals surface area contributed by atoms with Crippen LogP contribution >= 0.6 is 0 Å². The first kappa shape index (κ1) is 17.6. The van der Waals surface area contributed by atoms with Crippen molar-refractivity contribution in [1.29, 1.82) is 0 Å². The molecule has 3 N–H and O–H groups in total. The molecule has 1 amide bonds. The van der Waals surface area contributed by atoms with Crippen molar-refractivity contribution in [2.24, 2.45) is 4.99 Å². The van der Waals surface area contributed by atoms with E-state index in [9.17, 15) is 9.18 Å². The van der Waals surface area contributed by atoms with E-state index in [0.717, 1.165) is 22.5 Å². The normalized spacial score (nSPS) is 18.7. The third kappa shape index (κ3) is 2.94. The fourth-order valence-electron chi connectivity index (χ4n) is 3.06. The van der Waals surface area contributed by atoms with E-state index < -0.39 is 17.3 Å². The van der Waals surface area contributed by atoms with Gasteiger partial charge in [0.2, 0.25) is 5.90 Å². The van der Waals surface area contributed by atoms with Crippen molar-refractivity contribution >= 4 is 23.3 Å². The van der Waals surface area contributed by atoms with Crippen LogP contribution in [-0.4, -0.2) is 45.0 Å². The Kier molecular flexibility index (Phi) is 4.22. The van der Waals surface area contributed by atoms with Crippen molar-refractivity contribution < 1.29 is 13.9 Å². The number of methoxy groups -OCH3 is 1. The van der Waals surface area contributed by atoms with Gasteiger partial charge in [0, 0.05) is 12.4 Å². The molecule has 1 atom stereocenters. The van der Waals surface area contributed by atoms with E-state index in [1.54, 1.807) is 36.7 Å². The van der Waals surface area contributed by atoms with Gasteiger partial charge in [-0.15, -0.1) is 5.10 Å². The molecule has 0 saturated heterocycles. The van der Waals surface area contributed by atoms with Gasteiger partial charge < -0.3 is 15.8 Å². The summed E-state index contributed by atoms with van der Waals surface area (Å²) in [5, 5.41) is 6.92. The molecule has 0 saturated carbocycles. The molecular formula is C18H16FN7O2. The third-order valence-corrected chi connectivity index (χ3v) is 4.43. The molecule has 0 bridgehead atoms. The van der Waals surface area contributed by atoms with Crippen molar-refractivity contribution in [3.63, 3.8) is 0 Å². The number of fused-ring (bicyclic) bond motifs is 1. The number of dihydropyridines is 1. The Hall–Kier alpha value is -3.82. The predicted molar refractivity (Wildman–Crippen MR) is 99.2 cm³/mol. The Labute approximate surface area is 158 Å². The van der Waals surface area contributed by atoms with Gasteiger partial charge in [-0.25, -0.2) is 18.9 Å². The van der Waals surface area contributed by atoms with Crippen LogP contribution in [0.5, 0.6) is 0 Å². The van der Waals surface area contributed by atoms with Crippen molar-refractivity contribution in [3.8, 4) is 0 Å². The Balaban J connectivity index is 1.75. The molecule has 3 aromatic rings. The lowest BCUT2D eigenvalue weighted by Gasteiger charge is -2.32. The zero-order chi connectivity index (χ0) is 19.7. The first-order valence-electron chi connectivity index (χ1n) is 8.32. The number of carbonyl (C=O) groups excluding carboxylic acids is 1. The number of nitrogen functional groups attached to an aromatic ring is 1. The predicted octanol–water partition coefficient (Wildman–Crippen LogP) is 1.09. The minimum atomic E-state index is -0.942. The highest BCUT2D eigenvalue weighted by Crippen LogP contribution is 2.28. The largest absolute Gasteiger partial charge is 0.481 e. The monoisotopic (exact) mass is 381 g/mol. The zero-order valence-electron chi connectivity index (χ0n) is 14.8. The lowest BCUT2D eigenvalue weighted by atomic mass is 9.88. The summed E-state index contributed by atoms with van der Waals surface area (Å²) in [6, 6.07) is 3.57. The summed E-state index contributed by atoms with van der Waals surface area (Å²) in [6.07, 6.45) is 8.82. The molecule has 0 aliphatic carbocycles. The summed E-state index contributed by atoms with van der Waals surface area (Å²) in [5.74, 6) is -0.705. The molecule has 3 aromatic heterocycles. The smallest absolute Gasteiger partial charge is 0.259 e. The van der Waals surface area contributed by atoms with E-state index in [0.29, 0.717) is 5.90 Å². The van der Waals surface area contributed by atoms with E-state index in [1.165, 1.54) is 7.11 Å². The molecule has 1 aliphatic heterocycles. The number of nitrogens with zero attached hydrogens (tertiary/aromatic N) is 5. The molecule has 1 unspecified atom stereocenters. The van der Waals surface area contributed by atoms with Crippen LogP contribution < -0.4 is 11.1 Å². The van der Waals surface area contributed by atoms with E-state index in [2.05, 4.69) is 25.4 Å². The fraction of sp³-hybridized carbons (Fsp3) is 0.167. The van der Waals surface area contributed by atoms with Gasteiger partial charge in [0.25, 0.3) is 5.91 Å². The van der Waals surface area contributed by atoms with Gasteiger partial charge in [-0.2, -0.15) is 0 Å². The van der Waals surface area contributed by atoms with Gasteiger partial charge in [-0.1, -0.05) is 0 Å². The standard InChI is InChI=1S/C18H16FN7O2/c1-28-13-2-5-18(10-23-13,11-3-6-21-7-4-11)24-17(27)14-15(20)25-26-9-12(19)8-22-16(14)26/h2-9H,10H2,1H3,(H2,20,25)(H,24,27). The summed E-state index contributed by atoms with van der Waals surface area (Å²) in [4.78, 5) is 25.4. The first-order chi connectivity index (χ1) is 13.5. The lowest BCUT2D eigenvalue weighted by Crippen LogP contribution is -2.48.